The summed E-state index contributed by atoms with van der Waals surface area (Å²) in [6.07, 6.45) is 10.1. The number of hydrogen-bond acceptors (Lipinski definition) is 5. The second-order valence-corrected chi connectivity index (χ2v) is 11.6. The van der Waals surface area contributed by atoms with Gasteiger partial charge in [0.15, 0.2) is 0 Å². The Morgan fingerprint density at radius 2 is 1.94 bits per heavy atom. The van der Waals surface area contributed by atoms with E-state index in [2.05, 4.69) is 25.1 Å². The number of ether oxygens (including phenoxy) is 2. The summed E-state index contributed by atoms with van der Waals surface area (Å²) >= 11 is 0. The smallest absolute Gasteiger partial charge is 0.338 e. The summed E-state index contributed by atoms with van der Waals surface area (Å²) in [7, 11) is 0. The fourth-order valence-corrected chi connectivity index (χ4v) is 8.68. The maximum absolute atomic E-state index is 12.6. The molecule has 1 aromatic rings. The van der Waals surface area contributed by atoms with E-state index in [9.17, 15) is 10.0 Å². The van der Waals surface area contributed by atoms with Gasteiger partial charge in [0.05, 0.1) is 17.4 Å². The first-order valence-corrected chi connectivity index (χ1v) is 12.7. The highest BCUT2D eigenvalue weighted by Crippen LogP contribution is 2.73. The van der Waals surface area contributed by atoms with Crippen molar-refractivity contribution in [2.24, 2.45) is 33.7 Å². The van der Waals surface area contributed by atoms with Crippen LogP contribution in [0.4, 0.5) is 0 Å². The van der Waals surface area contributed by atoms with E-state index in [1.807, 2.05) is 37.3 Å². The maximum Gasteiger partial charge on any atom is 0.338 e. The van der Waals surface area contributed by atoms with Gasteiger partial charge in [-0.05, 0) is 80.8 Å². The minimum atomic E-state index is -0.342. The van der Waals surface area contributed by atoms with Crippen LogP contribution in [0, 0.1) is 28.6 Å². The lowest BCUT2D eigenvalue weighted by Gasteiger charge is -2.58. The van der Waals surface area contributed by atoms with Crippen LogP contribution in [-0.2, 0) is 9.47 Å². The van der Waals surface area contributed by atoms with Gasteiger partial charge in [-0.3, -0.25) is 0 Å². The van der Waals surface area contributed by atoms with E-state index < -0.39 is 0 Å². The van der Waals surface area contributed by atoms with Crippen LogP contribution in [0.1, 0.15) is 76.1 Å². The molecular weight excluding hydrogens is 414 g/mol. The third kappa shape index (κ3) is 2.81. The van der Waals surface area contributed by atoms with Crippen LogP contribution >= 0.6 is 0 Å². The van der Waals surface area contributed by atoms with Crippen LogP contribution in [0.3, 0.4) is 0 Å². The monoisotopic (exact) mass is 449 g/mol. The van der Waals surface area contributed by atoms with E-state index >= 15 is 0 Å². The molecule has 8 atom stereocenters. The van der Waals surface area contributed by atoms with E-state index in [0.717, 1.165) is 44.2 Å². The van der Waals surface area contributed by atoms with E-state index in [4.69, 9.17) is 9.47 Å². The quantitative estimate of drug-likeness (QED) is 0.159. The van der Waals surface area contributed by atoms with Gasteiger partial charge >= 0.3 is 5.97 Å². The number of oxime groups is 1. The van der Waals surface area contributed by atoms with Crippen LogP contribution in [0.15, 0.2) is 47.1 Å². The summed E-state index contributed by atoms with van der Waals surface area (Å²) < 4.78 is 12.1. The van der Waals surface area contributed by atoms with Crippen molar-refractivity contribution in [3.05, 3.63) is 47.5 Å². The predicted molar refractivity (Wildman–Crippen MR) is 125 cm³/mol. The van der Waals surface area contributed by atoms with E-state index in [1.165, 1.54) is 12.0 Å². The predicted octanol–water partition coefficient (Wildman–Crippen LogP) is 5.77. The first-order valence-electron chi connectivity index (χ1n) is 12.7. The fraction of sp³-hybridized carbons (Fsp3) is 0.643. The SMILES string of the molecule is C/C(=N\O)C12O[C@@H]1CC1C3CC=C4CC(OC(=O)c5ccccc5)CC[C@]4(C)C3CC[C@@]12C. The molecule has 33 heavy (non-hydrogen) atoms. The number of carbonyl (C=O) groups is 1. The Morgan fingerprint density at radius 1 is 1.15 bits per heavy atom. The second-order valence-electron chi connectivity index (χ2n) is 11.6. The zero-order valence-corrected chi connectivity index (χ0v) is 19.9. The van der Waals surface area contributed by atoms with Crippen molar-refractivity contribution in [2.75, 3.05) is 0 Å². The Bertz CT molecular complexity index is 1030. The van der Waals surface area contributed by atoms with Crippen molar-refractivity contribution in [1.29, 1.82) is 0 Å². The molecule has 1 N–H and O–H groups in total. The van der Waals surface area contributed by atoms with E-state index in [1.54, 1.807) is 0 Å². The molecule has 4 fully saturated rings. The Balaban J connectivity index is 1.21. The van der Waals surface area contributed by atoms with Crippen LogP contribution < -0.4 is 0 Å². The van der Waals surface area contributed by atoms with Gasteiger partial charge in [0.1, 0.15) is 11.7 Å². The summed E-state index contributed by atoms with van der Waals surface area (Å²) in [6.45, 7) is 6.78. The van der Waals surface area contributed by atoms with Gasteiger partial charge in [-0.1, -0.05) is 48.9 Å². The third-order valence-electron chi connectivity index (χ3n) is 10.5. The molecule has 6 rings (SSSR count). The van der Waals surface area contributed by atoms with Gasteiger partial charge in [0, 0.05) is 11.8 Å². The molecule has 5 unspecified atom stereocenters. The topological polar surface area (TPSA) is 71.4 Å². The summed E-state index contributed by atoms with van der Waals surface area (Å²) in [4.78, 5) is 12.6. The number of benzene rings is 1. The minimum Gasteiger partial charge on any atom is -0.458 e. The summed E-state index contributed by atoms with van der Waals surface area (Å²) in [5.74, 6) is 1.72. The first-order chi connectivity index (χ1) is 15.8. The first kappa shape index (κ1) is 21.4. The molecule has 1 saturated heterocycles. The second kappa shape index (κ2) is 7.18. The minimum absolute atomic E-state index is 0.0263. The molecule has 0 bridgehead atoms. The van der Waals surface area contributed by atoms with Gasteiger partial charge in [0.25, 0.3) is 0 Å². The lowest BCUT2D eigenvalue weighted by Crippen LogP contribution is -2.54. The number of rotatable bonds is 3. The molecule has 3 saturated carbocycles. The number of nitrogens with zero attached hydrogens (tertiary/aromatic N) is 1. The van der Waals surface area contributed by atoms with Crippen molar-refractivity contribution in [1.82, 2.24) is 0 Å². The van der Waals surface area contributed by atoms with Crippen LogP contribution in [0.2, 0.25) is 0 Å². The van der Waals surface area contributed by atoms with Crippen LogP contribution in [0.25, 0.3) is 0 Å². The van der Waals surface area contributed by atoms with Gasteiger partial charge in [0.2, 0.25) is 0 Å². The lowest BCUT2D eigenvalue weighted by molar-refractivity contribution is -0.0719. The van der Waals surface area contributed by atoms with Gasteiger partial charge in [-0.25, -0.2) is 4.79 Å². The third-order valence-corrected chi connectivity index (χ3v) is 10.5. The lowest BCUT2D eigenvalue weighted by atomic mass is 9.47. The zero-order valence-electron chi connectivity index (χ0n) is 19.9. The Morgan fingerprint density at radius 3 is 2.70 bits per heavy atom. The van der Waals surface area contributed by atoms with Crippen molar-refractivity contribution < 1.29 is 19.5 Å². The molecular formula is C28H35NO4. The zero-order chi connectivity index (χ0) is 23.0. The Labute approximate surface area is 196 Å². The van der Waals surface area contributed by atoms with Crippen LogP contribution in [0.5, 0.6) is 0 Å². The van der Waals surface area contributed by atoms with Crippen molar-refractivity contribution in [3.63, 3.8) is 0 Å². The van der Waals surface area contributed by atoms with Crippen molar-refractivity contribution >= 4 is 11.7 Å². The number of esters is 1. The number of fused-ring (bicyclic) bond motifs is 7. The molecule has 176 valence electrons. The number of carbonyl (C=O) groups excluding carboxylic acids is 1. The average Bonchev–Trinajstić information content (AvgIpc) is 3.51. The molecule has 0 radical (unpaired) electrons. The highest BCUT2D eigenvalue weighted by atomic mass is 16.6. The molecule has 5 heteroatoms. The molecule has 0 amide bonds. The van der Waals surface area contributed by atoms with Gasteiger partial charge < -0.3 is 14.7 Å². The molecule has 5 nitrogen and oxygen atoms in total. The highest BCUT2D eigenvalue weighted by Gasteiger charge is 2.78. The summed E-state index contributed by atoms with van der Waals surface area (Å²) in [5, 5.41) is 13.1. The number of epoxide rings is 1. The van der Waals surface area contributed by atoms with E-state index in [-0.39, 0.29) is 34.6 Å². The molecule has 1 aromatic carbocycles. The van der Waals surface area contributed by atoms with Crippen molar-refractivity contribution in [3.8, 4) is 0 Å². The van der Waals surface area contributed by atoms with Crippen LogP contribution in [-0.4, -0.2) is 34.7 Å². The summed E-state index contributed by atoms with van der Waals surface area (Å²) in [5.41, 5.74) is 2.81. The highest BCUT2D eigenvalue weighted by molar-refractivity contribution is 5.95. The Hall–Kier alpha value is -2.14. The number of allylic oxidation sites excluding steroid dienone is 1. The van der Waals surface area contributed by atoms with Gasteiger partial charge in [-0.15, -0.1) is 0 Å². The number of hydrogen-bond donors (Lipinski definition) is 1. The molecule has 0 spiro atoms. The molecule has 1 aliphatic heterocycles. The average molecular weight is 450 g/mol. The van der Waals surface area contributed by atoms with E-state index in [0.29, 0.717) is 23.3 Å². The molecule has 5 aliphatic rings. The molecule has 4 aliphatic carbocycles. The molecule has 1 heterocycles. The fourth-order valence-electron chi connectivity index (χ4n) is 8.68. The van der Waals surface area contributed by atoms with Crippen molar-refractivity contribution in [2.45, 2.75) is 83.5 Å². The normalized spacial score (nSPS) is 45.7. The summed E-state index contributed by atoms with van der Waals surface area (Å²) in [6, 6.07) is 9.33. The largest absolute Gasteiger partial charge is 0.458 e. The van der Waals surface area contributed by atoms with Gasteiger partial charge in [-0.2, -0.15) is 0 Å². The molecule has 0 aromatic heterocycles. The standard InChI is InChI=1S/C28H35NO4/c1-17(29-31)28-24(33-28)16-23-21-10-9-19-15-20(32-25(30)18-7-5-4-6-8-18)11-13-26(19,2)22(21)12-14-27(23,28)3/h4-9,20-24,31H,10-16H2,1-3H3/b29-17+/t20?,21?,22?,23?,24-,26+,27+,28?/m1/s1. The Kier molecular flexibility index (Phi) is 4.65. The maximum atomic E-state index is 12.6.